The van der Waals surface area contributed by atoms with E-state index in [1.54, 1.807) is 0 Å². The largest absolute Gasteiger partial charge is 0.295 e. The Bertz CT molecular complexity index is 796. The van der Waals surface area contributed by atoms with Crippen molar-refractivity contribution in [1.29, 1.82) is 0 Å². The second-order valence-corrected chi connectivity index (χ2v) is 12.6. The third-order valence-electron chi connectivity index (χ3n) is 3.13. The SMILES string of the molecule is COS(=O)(=O)C(C)OS(=O)(=O)CCCCCS(=O)(=O)OC(C)S(=O)(=O)OC. The summed E-state index contributed by atoms with van der Waals surface area (Å²) in [4.78, 5) is 0. The van der Waals surface area contributed by atoms with Crippen LogP contribution in [0.5, 0.6) is 0 Å². The van der Waals surface area contributed by atoms with E-state index in [1.165, 1.54) is 0 Å². The van der Waals surface area contributed by atoms with Crippen molar-refractivity contribution in [2.24, 2.45) is 0 Å². The van der Waals surface area contributed by atoms with Crippen molar-refractivity contribution in [3.8, 4) is 0 Å². The summed E-state index contributed by atoms with van der Waals surface area (Å²) < 4.78 is 109. The molecule has 0 saturated heterocycles. The van der Waals surface area contributed by atoms with Gasteiger partial charge in [-0.1, -0.05) is 6.42 Å². The molecule has 16 heteroatoms. The molecular formula is C11H24O12S4. The van der Waals surface area contributed by atoms with E-state index in [2.05, 4.69) is 16.7 Å². The maximum atomic E-state index is 11.7. The van der Waals surface area contributed by atoms with Crippen molar-refractivity contribution in [3.63, 3.8) is 0 Å². The van der Waals surface area contributed by atoms with Crippen molar-refractivity contribution in [2.75, 3.05) is 25.7 Å². The summed E-state index contributed by atoms with van der Waals surface area (Å²) in [6.07, 6.45) is 0.106. The molecule has 0 heterocycles. The molecular weight excluding hydrogens is 452 g/mol. The van der Waals surface area contributed by atoms with Crippen molar-refractivity contribution in [3.05, 3.63) is 0 Å². The molecule has 0 bridgehead atoms. The van der Waals surface area contributed by atoms with Crippen LogP contribution in [0.2, 0.25) is 0 Å². The van der Waals surface area contributed by atoms with Crippen LogP contribution in [-0.4, -0.2) is 70.3 Å². The Labute approximate surface area is 160 Å². The smallest absolute Gasteiger partial charge is 0.271 e. The van der Waals surface area contributed by atoms with E-state index in [-0.39, 0.29) is 19.3 Å². The second-order valence-electron chi connectivity index (χ2n) is 5.23. The van der Waals surface area contributed by atoms with E-state index in [4.69, 9.17) is 0 Å². The van der Waals surface area contributed by atoms with Gasteiger partial charge in [-0.2, -0.15) is 33.7 Å². The lowest BCUT2D eigenvalue weighted by molar-refractivity contribution is 0.265. The van der Waals surface area contributed by atoms with Crippen LogP contribution in [0.4, 0.5) is 0 Å². The molecule has 0 amide bonds. The molecule has 0 aromatic rings. The summed E-state index contributed by atoms with van der Waals surface area (Å²) in [5.41, 5.74) is -3.43. The number of unbranched alkanes of at least 4 members (excludes halogenated alkanes) is 2. The van der Waals surface area contributed by atoms with Crippen LogP contribution < -0.4 is 0 Å². The molecule has 0 radical (unpaired) electrons. The van der Waals surface area contributed by atoms with Gasteiger partial charge in [0.1, 0.15) is 0 Å². The summed E-state index contributed by atoms with van der Waals surface area (Å²) in [5.74, 6) is -1.07. The molecule has 0 saturated carbocycles. The number of rotatable bonds is 14. The third kappa shape index (κ3) is 10.1. The molecule has 0 aromatic heterocycles. The Morgan fingerprint density at radius 1 is 0.593 bits per heavy atom. The molecule has 0 aliphatic carbocycles. The molecule has 2 atom stereocenters. The van der Waals surface area contributed by atoms with Crippen molar-refractivity contribution < 1.29 is 50.4 Å². The predicted octanol–water partition coefficient (Wildman–Crippen LogP) is -0.506. The predicted molar refractivity (Wildman–Crippen MR) is 94.4 cm³/mol. The Morgan fingerprint density at radius 2 is 0.889 bits per heavy atom. The van der Waals surface area contributed by atoms with Crippen LogP contribution >= 0.6 is 0 Å². The van der Waals surface area contributed by atoms with Gasteiger partial charge in [-0.05, 0) is 26.7 Å². The van der Waals surface area contributed by atoms with E-state index in [0.29, 0.717) is 0 Å². The normalized spacial score (nSPS) is 16.1. The highest BCUT2D eigenvalue weighted by atomic mass is 32.2. The van der Waals surface area contributed by atoms with Crippen LogP contribution in [0.15, 0.2) is 0 Å². The molecule has 12 nitrogen and oxygen atoms in total. The fourth-order valence-corrected chi connectivity index (χ4v) is 5.77. The van der Waals surface area contributed by atoms with Gasteiger partial charge in [-0.15, -0.1) is 0 Å². The van der Waals surface area contributed by atoms with Gasteiger partial charge in [0.15, 0.2) is 10.9 Å². The van der Waals surface area contributed by atoms with Gasteiger partial charge in [0.05, 0.1) is 25.7 Å². The van der Waals surface area contributed by atoms with E-state index in [0.717, 1.165) is 28.1 Å². The number of hydrogen-bond acceptors (Lipinski definition) is 12. The first-order valence-electron chi connectivity index (χ1n) is 7.49. The van der Waals surface area contributed by atoms with Gasteiger partial charge in [0.25, 0.3) is 40.5 Å². The van der Waals surface area contributed by atoms with Crippen molar-refractivity contribution in [1.82, 2.24) is 0 Å². The second kappa shape index (κ2) is 10.4. The minimum absolute atomic E-state index is 0.0104. The minimum Gasteiger partial charge on any atom is -0.271 e. The Hall–Kier alpha value is -0.360. The quantitative estimate of drug-likeness (QED) is 0.232. The van der Waals surface area contributed by atoms with Crippen molar-refractivity contribution in [2.45, 2.75) is 44.0 Å². The van der Waals surface area contributed by atoms with Crippen LogP contribution in [0, 0.1) is 0 Å². The van der Waals surface area contributed by atoms with E-state index >= 15 is 0 Å². The molecule has 0 aliphatic rings. The molecule has 0 rings (SSSR count). The van der Waals surface area contributed by atoms with E-state index in [9.17, 15) is 33.7 Å². The standard InChI is InChI=1S/C11H24O12S4/c1-10(26(16,17)20-3)22-24(12,13)8-6-5-7-9-25(14,15)23-11(2)27(18,19)21-4/h10-11H,5-9H2,1-4H3. The van der Waals surface area contributed by atoms with E-state index in [1.807, 2.05) is 0 Å². The Morgan fingerprint density at radius 3 is 1.15 bits per heavy atom. The van der Waals surface area contributed by atoms with Gasteiger partial charge >= 0.3 is 0 Å². The molecule has 0 aromatic carbocycles. The lowest BCUT2D eigenvalue weighted by Gasteiger charge is -2.13. The summed E-state index contributed by atoms with van der Waals surface area (Å²) in [6.45, 7) is 1.99. The molecule has 0 spiro atoms. The first-order chi connectivity index (χ1) is 12.1. The van der Waals surface area contributed by atoms with Gasteiger partial charge in [-0.3, -0.25) is 8.37 Å². The monoisotopic (exact) mass is 476 g/mol. The maximum Gasteiger partial charge on any atom is 0.295 e. The van der Waals surface area contributed by atoms with Gasteiger partial charge in [0, 0.05) is 0 Å². The molecule has 2 unspecified atom stereocenters. The summed E-state index contributed by atoms with van der Waals surface area (Å²) in [7, 11) is -14.9. The molecule has 0 aliphatic heterocycles. The average molecular weight is 477 g/mol. The first-order valence-corrected chi connectivity index (χ1v) is 13.6. The maximum absolute atomic E-state index is 11.7. The molecule has 27 heavy (non-hydrogen) atoms. The van der Waals surface area contributed by atoms with Crippen molar-refractivity contribution >= 4 is 40.5 Å². The number of hydrogen-bond donors (Lipinski definition) is 0. The summed E-state index contributed by atoms with van der Waals surface area (Å²) >= 11 is 0. The molecule has 0 N–H and O–H groups in total. The highest BCUT2D eigenvalue weighted by Gasteiger charge is 2.28. The van der Waals surface area contributed by atoms with Crippen LogP contribution in [0.3, 0.4) is 0 Å². The Kier molecular flexibility index (Phi) is 10.3. The first kappa shape index (κ1) is 26.6. The van der Waals surface area contributed by atoms with Crippen LogP contribution in [0.25, 0.3) is 0 Å². The van der Waals surface area contributed by atoms with Gasteiger partial charge in [0.2, 0.25) is 0 Å². The van der Waals surface area contributed by atoms with E-state index < -0.39 is 62.9 Å². The Balaban J connectivity index is 4.43. The topological polar surface area (TPSA) is 173 Å². The van der Waals surface area contributed by atoms with Crippen LogP contribution in [-0.2, 0) is 57.2 Å². The molecule has 164 valence electrons. The van der Waals surface area contributed by atoms with Gasteiger partial charge < -0.3 is 0 Å². The zero-order valence-corrected chi connectivity index (χ0v) is 18.5. The highest BCUT2D eigenvalue weighted by molar-refractivity contribution is 7.90. The summed E-state index contributed by atoms with van der Waals surface area (Å²) in [5, 5.41) is 0. The van der Waals surface area contributed by atoms with Crippen LogP contribution in [0.1, 0.15) is 33.1 Å². The van der Waals surface area contributed by atoms with Gasteiger partial charge in [-0.25, -0.2) is 8.37 Å². The zero-order chi connectivity index (χ0) is 21.5. The minimum atomic E-state index is -4.17. The fraction of sp³-hybridized carbons (Fsp3) is 1.00. The third-order valence-corrected chi connectivity index (χ3v) is 8.86. The molecule has 0 fully saturated rings. The fourth-order valence-electron chi connectivity index (χ4n) is 1.61. The highest BCUT2D eigenvalue weighted by Crippen LogP contribution is 2.13. The lowest BCUT2D eigenvalue weighted by atomic mass is 10.3. The summed E-state index contributed by atoms with van der Waals surface area (Å²) in [6, 6.07) is 0. The zero-order valence-electron chi connectivity index (χ0n) is 15.2. The lowest BCUT2D eigenvalue weighted by Crippen LogP contribution is -2.27. The average Bonchev–Trinajstić information content (AvgIpc) is 2.53.